The molecule has 2 N–H and O–H groups in total. The van der Waals surface area contributed by atoms with Gasteiger partial charge in [0.25, 0.3) is 5.91 Å². The number of amides is 1. The molecule has 0 aromatic heterocycles. The minimum Gasteiger partial charge on any atom is -0.489 e. The van der Waals surface area contributed by atoms with Crippen LogP contribution in [0.25, 0.3) is 0 Å². The van der Waals surface area contributed by atoms with E-state index in [-0.39, 0.29) is 30.5 Å². The van der Waals surface area contributed by atoms with Crippen molar-refractivity contribution in [3.05, 3.63) is 64.7 Å². The predicted molar refractivity (Wildman–Crippen MR) is 118 cm³/mol. The van der Waals surface area contributed by atoms with Crippen molar-refractivity contribution in [3.8, 4) is 5.75 Å². The molecule has 0 unspecified atom stereocenters. The second-order valence-corrected chi connectivity index (χ2v) is 8.31. The van der Waals surface area contributed by atoms with Gasteiger partial charge >= 0.3 is 0 Å². The molecule has 1 aliphatic heterocycles. The van der Waals surface area contributed by atoms with Crippen molar-refractivity contribution in [2.45, 2.75) is 51.4 Å². The van der Waals surface area contributed by atoms with Gasteiger partial charge in [0.2, 0.25) is 0 Å². The number of aliphatic hydroxyl groups is 1. The number of fused-ring (bicyclic) bond motifs is 1. The highest BCUT2D eigenvalue weighted by Crippen LogP contribution is 2.34. The summed E-state index contributed by atoms with van der Waals surface area (Å²) >= 11 is 0. The average molecular weight is 437 g/mol. The Kier molecular flexibility index (Phi) is 6.97. The van der Waals surface area contributed by atoms with E-state index in [9.17, 15) is 14.4 Å². The Morgan fingerprint density at radius 1 is 1.06 bits per heavy atom. The van der Waals surface area contributed by atoms with Gasteiger partial charge in [0.05, 0.1) is 25.6 Å². The van der Waals surface area contributed by atoms with E-state index < -0.39 is 6.04 Å². The zero-order chi connectivity index (χ0) is 22.5. The standard InChI is InChI=1S/C25H28N2O5/c28-12-11-26-14-17-7-9-18(10-8-17)16-32-24-6-2-4-20-21(24)15-27(25(20)31)22-5-1-3-19(29)13-23(22)30/h2,4,6-10,22,26,28H,1,3,5,11-16H2/t22-/m0/s1. The lowest BCUT2D eigenvalue weighted by Gasteiger charge is -2.25. The number of ketones is 2. The van der Waals surface area contributed by atoms with E-state index in [0.29, 0.717) is 56.8 Å². The third-order valence-electron chi connectivity index (χ3n) is 6.04. The first-order chi connectivity index (χ1) is 15.6. The van der Waals surface area contributed by atoms with Gasteiger partial charge in [-0.15, -0.1) is 0 Å². The number of nitrogens with zero attached hydrogens (tertiary/aromatic N) is 1. The maximum absolute atomic E-state index is 13.0. The van der Waals surface area contributed by atoms with Crippen LogP contribution in [-0.2, 0) is 29.3 Å². The number of nitrogens with one attached hydrogen (secondary N) is 1. The Morgan fingerprint density at radius 2 is 1.84 bits per heavy atom. The van der Waals surface area contributed by atoms with Crippen LogP contribution in [0.5, 0.6) is 5.75 Å². The molecule has 0 saturated heterocycles. The van der Waals surface area contributed by atoms with Crippen molar-refractivity contribution >= 4 is 17.5 Å². The lowest BCUT2D eigenvalue weighted by Crippen LogP contribution is -2.41. The fourth-order valence-corrected chi connectivity index (χ4v) is 4.32. The molecule has 1 atom stereocenters. The maximum Gasteiger partial charge on any atom is 0.255 e. The van der Waals surface area contributed by atoms with Crippen molar-refractivity contribution in [2.24, 2.45) is 0 Å². The molecule has 1 saturated carbocycles. The highest BCUT2D eigenvalue weighted by molar-refractivity contribution is 6.06. The molecular weight excluding hydrogens is 408 g/mol. The first kappa shape index (κ1) is 22.2. The molecule has 2 aliphatic rings. The van der Waals surface area contributed by atoms with Crippen molar-refractivity contribution in [3.63, 3.8) is 0 Å². The third kappa shape index (κ3) is 4.89. The van der Waals surface area contributed by atoms with Crippen LogP contribution in [0.2, 0.25) is 0 Å². The van der Waals surface area contributed by atoms with Crippen molar-refractivity contribution in [1.82, 2.24) is 10.2 Å². The summed E-state index contributed by atoms with van der Waals surface area (Å²) in [5.41, 5.74) is 3.49. The minimum absolute atomic E-state index is 0.0409. The molecule has 1 amide bonds. The van der Waals surface area contributed by atoms with Gasteiger partial charge in [0.1, 0.15) is 18.1 Å². The van der Waals surface area contributed by atoms with E-state index in [4.69, 9.17) is 9.84 Å². The van der Waals surface area contributed by atoms with Gasteiger partial charge in [-0.1, -0.05) is 30.3 Å². The largest absolute Gasteiger partial charge is 0.489 e. The smallest absolute Gasteiger partial charge is 0.255 e. The summed E-state index contributed by atoms with van der Waals surface area (Å²) in [6, 6.07) is 12.9. The Morgan fingerprint density at radius 3 is 2.62 bits per heavy atom. The number of rotatable bonds is 8. The topological polar surface area (TPSA) is 95.9 Å². The summed E-state index contributed by atoms with van der Waals surface area (Å²) < 4.78 is 6.06. The fourth-order valence-electron chi connectivity index (χ4n) is 4.32. The van der Waals surface area contributed by atoms with Gasteiger partial charge < -0.3 is 20.1 Å². The van der Waals surface area contributed by atoms with Gasteiger partial charge in [-0.05, 0) is 36.1 Å². The number of benzene rings is 2. The summed E-state index contributed by atoms with van der Waals surface area (Å²) in [6.07, 6.45) is 1.48. The van der Waals surface area contributed by atoms with Crippen LogP contribution in [-0.4, -0.2) is 46.7 Å². The molecule has 7 heteroatoms. The van der Waals surface area contributed by atoms with Crippen molar-refractivity contribution in [2.75, 3.05) is 13.2 Å². The Hall–Kier alpha value is -3.03. The molecule has 32 heavy (non-hydrogen) atoms. The van der Waals surface area contributed by atoms with Crippen molar-refractivity contribution in [1.29, 1.82) is 0 Å². The summed E-state index contributed by atoms with van der Waals surface area (Å²) in [6.45, 7) is 2.05. The monoisotopic (exact) mass is 436 g/mol. The van der Waals surface area contributed by atoms with E-state index in [1.54, 1.807) is 17.0 Å². The molecule has 2 aromatic rings. The molecule has 1 fully saturated rings. The van der Waals surface area contributed by atoms with Crippen LogP contribution in [0.15, 0.2) is 42.5 Å². The minimum atomic E-state index is -0.541. The molecule has 0 bridgehead atoms. The summed E-state index contributed by atoms with van der Waals surface area (Å²) in [5, 5.41) is 12.0. The van der Waals surface area contributed by atoms with E-state index in [1.807, 2.05) is 30.3 Å². The van der Waals surface area contributed by atoms with Gasteiger partial charge in [-0.2, -0.15) is 0 Å². The normalized spacial score (nSPS) is 18.6. The zero-order valence-corrected chi connectivity index (χ0v) is 18.0. The summed E-state index contributed by atoms with van der Waals surface area (Å²) in [5.74, 6) is 0.271. The van der Waals surface area contributed by atoms with Gasteiger partial charge in [-0.25, -0.2) is 0 Å². The van der Waals surface area contributed by atoms with Crippen LogP contribution >= 0.6 is 0 Å². The Bertz CT molecular complexity index is 1000. The number of hydrogen-bond donors (Lipinski definition) is 2. The Balaban J connectivity index is 1.43. The summed E-state index contributed by atoms with van der Waals surface area (Å²) in [7, 11) is 0. The highest BCUT2D eigenvalue weighted by Gasteiger charge is 2.38. The molecule has 2 aromatic carbocycles. The first-order valence-electron chi connectivity index (χ1n) is 11.1. The van der Waals surface area contributed by atoms with Crippen LogP contribution in [0, 0.1) is 0 Å². The van der Waals surface area contributed by atoms with Gasteiger partial charge in [-0.3, -0.25) is 14.4 Å². The van der Waals surface area contributed by atoms with Gasteiger partial charge in [0.15, 0.2) is 5.78 Å². The second-order valence-electron chi connectivity index (χ2n) is 8.31. The lowest BCUT2D eigenvalue weighted by molar-refractivity contribution is -0.128. The van der Waals surface area contributed by atoms with Crippen LogP contribution < -0.4 is 10.1 Å². The first-order valence-corrected chi connectivity index (χ1v) is 11.1. The predicted octanol–water partition coefficient (Wildman–Crippen LogP) is 2.38. The highest BCUT2D eigenvalue weighted by atomic mass is 16.5. The second kappa shape index (κ2) is 10.1. The molecule has 7 nitrogen and oxygen atoms in total. The molecule has 0 radical (unpaired) electrons. The average Bonchev–Trinajstić information content (AvgIpc) is 3.03. The summed E-state index contributed by atoms with van der Waals surface area (Å²) in [4.78, 5) is 38.9. The number of carbonyl (C=O) groups is 3. The Labute approximate surface area is 187 Å². The van der Waals surface area contributed by atoms with E-state index in [0.717, 1.165) is 16.7 Å². The third-order valence-corrected chi connectivity index (χ3v) is 6.04. The van der Waals surface area contributed by atoms with Crippen LogP contribution in [0.1, 0.15) is 52.7 Å². The number of Topliss-reactive ketones (excluding diaryl/α,β-unsaturated/α-hetero) is 2. The van der Waals surface area contributed by atoms with E-state index in [2.05, 4.69) is 5.32 Å². The molecule has 168 valence electrons. The quantitative estimate of drug-likeness (QED) is 0.375. The van der Waals surface area contributed by atoms with Crippen molar-refractivity contribution < 1.29 is 24.2 Å². The van der Waals surface area contributed by atoms with Gasteiger partial charge in [0, 0.05) is 30.6 Å². The zero-order valence-electron chi connectivity index (χ0n) is 18.0. The molecule has 1 aliphatic carbocycles. The van der Waals surface area contributed by atoms with E-state index in [1.165, 1.54) is 0 Å². The lowest BCUT2D eigenvalue weighted by atomic mass is 10.1. The van der Waals surface area contributed by atoms with E-state index >= 15 is 0 Å². The number of hydrogen-bond acceptors (Lipinski definition) is 6. The molecular formula is C25H28N2O5. The number of aliphatic hydroxyl groups excluding tert-OH is 1. The molecule has 1 heterocycles. The SMILES string of the molecule is O=C1CCC[C@H](N2Cc3c(OCc4ccc(CNCCO)cc4)cccc3C2=O)C(=O)C1. The maximum atomic E-state index is 13.0. The number of carbonyl (C=O) groups excluding carboxylic acids is 3. The fraction of sp³-hybridized carbons (Fsp3) is 0.400. The number of ether oxygens (including phenoxy) is 1. The molecule has 4 rings (SSSR count). The molecule has 0 spiro atoms. The van der Waals surface area contributed by atoms with Crippen LogP contribution in [0.4, 0.5) is 0 Å². The van der Waals surface area contributed by atoms with Crippen LogP contribution in [0.3, 0.4) is 0 Å².